The second-order valence-corrected chi connectivity index (χ2v) is 14.3. The summed E-state index contributed by atoms with van der Waals surface area (Å²) in [4.78, 5) is 45.7. The fraction of sp³-hybridized carbons (Fsp3) is 0.267. The zero-order valence-electron chi connectivity index (χ0n) is 30.0. The molecule has 0 saturated carbocycles. The third kappa shape index (κ3) is 7.18. The van der Waals surface area contributed by atoms with E-state index in [0.29, 0.717) is 34.8 Å². The molecule has 1 fully saturated rings. The summed E-state index contributed by atoms with van der Waals surface area (Å²) in [5, 5.41) is 0.418. The first-order chi connectivity index (χ1) is 25.8. The first kappa shape index (κ1) is 36.0. The average Bonchev–Trinajstić information content (AvgIpc) is 3.52. The van der Waals surface area contributed by atoms with Gasteiger partial charge >= 0.3 is 12.1 Å². The Kier molecular flexibility index (Phi) is 10.6. The van der Waals surface area contributed by atoms with Crippen molar-refractivity contribution in [1.29, 1.82) is 0 Å². The second-order valence-electron chi connectivity index (χ2n) is 13.9. The number of carbonyl (C=O) groups is 3. The summed E-state index contributed by atoms with van der Waals surface area (Å²) in [7, 11) is 1.52. The number of likely N-dealkylation sites (N-methyl/N-ethyl adjacent to an activating group) is 1. The van der Waals surface area contributed by atoms with Gasteiger partial charge in [-0.1, -0.05) is 138 Å². The Morgan fingerprint density at radius 2 is 1.32 bits per heavy atom. The maximum absolute atomic E-state index is 14.5. The molecular weight excluding hydrogens is 684 g/mol. The van der Waals surface area contributed by atoms with E-state index in [-0.39, 0.29) is 24.9 Å². The van der Waals surface area contributed by atoms with Crippen LogP contribution >= 0.6 is 11.6 Å². The minimum atomic E-state index is -1.45. The van der Waals surface area contributed by atoms with Crippen LogP contribution in [0.15, 0.2) is 127 Å². The highest BCUT2D eigenvalue weighted by Crippen LogP contribution is 2.45. The van der Waals surface area contributed by atoms with E-state index in [9.17, 15) is 14.4 Å². The highest BCUT2D eigenvalue weighted by Gasteiger charge is 2.44. The molecule has 7 nitrogen and oxygen atoms in total. The van der Waals surface area contributed by atoms with Crippen LogP contribution in [0, 0.1) is 6.92 Å². The van der Waals surface area contributed by atoms with Crippen molar-refractivity contribution in [3.05, 3.63) is 166 Å². The number of carbonyl (C=O) groups excluding carboxylic acids is 3. The molecule has 5 aromatic carbocycles. The molecular formula is C45H43ClN2O5. The molecule has 0 radical (unpaired) electrons. The number of benzene rings is 5. The number of piperidine rings is 1. The van der Waals surface area contributed by atoms with Crippen LogP contribution in [0.3, 0.4) is 0 Å². The highest BCUT2D eigenvalue weighted by atomic mass is 35.5. The SMILES string of the molecule is Cc1ccc(C(OC(=O)C[C@@H](C(=O)N2CCCCC2)N(C)C(=O)OCC2c3ccccc3-c3ccccc32)(c2ccccc2)c2ccccc2Cl)cc1. The standard InChI is InChI=1S/C45H43ClN2O5/c1-31-23-25-33(26-24-31)45(32-15-5-3-6-16-32,39-21-11-12-22-40(39)46)53-42(49)29-41(43(50)48-27-13-4-14-28-48)47(2)44(51)52-30-38-36-19-9-7-17-34(36)35-18-8-10-20-37(35)38/h3,5-12,15-26,38,41H,4,13-14,27-30H2,1-2H3/t41-,45?/m0/s1. The molecule has 2 amide bonds. The number of aryl methyl sites for hydroxylation is 1. The number of rotatable bonds is 10. The van der Waals surface area contributed by atoms with Crippen molar-refractivity contribution < 1.29 is 23.9 Å². The molecule has 2 atom stereocenters. The van der Waals surface area contributed by atoms with E-state index in [4.69, 9.17) is 21.1 Å². The number of esters is 1. The number of hydrogen-bond acceptors (Lipinski definition) is 5. The molecule has 1 aliphatic heterocycles. The van der Waals surface area contributed by atoms with Crippen molar-refractivity contribution in [3.8, 4) is 11.1 Å². The smallest absolute Gasteiger partial charge is 0.410 e. The van der Waals surface area contributed by atoms with Gasteiger partial charge in [-0.2, -0.15) is 0 Å². The molecule has 1 unspecified atom stereocenters. The molecule has 7 rings (SSSR count). The number of hydrogen-bond donors (Lipinski definition) is 0. The van der Waals surface area contributed by atoms with Crippen LogP contribution in [0.1, 0.15) is 65.0 Å². The maximum Gasteiger partial charge on any atom is 0.410 e. The quantitative estimate of drug-likeness (QED) is 0.106. The summed E-state index contributed by atoms with van der Waals surface area (Å²) >= 11 is 6.90. The Balaban J connectivity index is 1.20. The van der Waals surface area contributed by atoms with Gasteiger partial charge in [0.25, 0.3) is 0 Å². The van der Waals surface area contributed by atoms with Crippen LogP contribution in [0.25, 0.3) is 11.1 Å². The van der Waals surface area contributed by atoms with E-state index in [1.165, 1.54) is 11.9 Å². The Morgan fingerprint density at radius 1 is 0.755 bits per heavy atom. The Hall–Kier alpha value is -5.40. The number of nitrogens with zero attached hydrogens (tertiary/aromatic N) is 2. The van der Waals surface area contributed by atoms with Gasteiger partial charge in [0.2, 0.25) is 5.91 Å². The fourth-order valence-corrected chi connectivity index (χ4v) is 8.04. The van der Waals surface area contributed by atoms with Crippen LogP contribution < -0.4 is 0 Å². The number of halogens is 1. The van der Waals surface area contributed by atoms with Crippen molar-refractivity contribution in [2.75, 3.05) is 26.7 Å². The van der Waals surface area contributed by atoms with Gasteiger partial charge in [0.15, 0.2) is 5.60 Å². The molecule has 1 aliphatic carbocycles. The lowest BCUT2D eigenvalue weighted by Gasteiger charge is -2.37. The van der Waals surface area contributed by atoms with Gasteiger partial charge in [0.05, 0.1) is 6.42 Å². The van der Waals surface area contributed by atoms with Crippen molar-refractivity contribution in [2.45, 2.75) is 50.2 Å². The van der Waals surface area contributed by atoms with Crippen LogP contribution in [-0.4, -0.2) is 60.6 Å². The summed E-state index contributed by atoms with van der Waals surface area (Å²) in [5.41, 5.74) is 5.95. The van der Waals surface area contributed by atoms with E-state index < -0.39 is 23.7 Å². The average molecular weight is 727 g/mol. The fourth-order valence-electron chi connectivity index (χ4n) is 7.77. The van der Waals surface area contributed by atoms with E-state index in [0.717, 1.165) is 47.1 Å². The third-order valence-corrected chi connectivity index (χ3v) is 10.9. The zero-order chi connectivity index (χ0) is 37.0. The van der Waals surface area contributed by atoms with E-state index in [1.54, 1.807) is 11.0 Å². The summed E-state index contributed by atoms with van der Waals surface area (Å²) in [6.45, 7) is 3.19. The molecule has 8 heteroatoms. The molecule has 53 heavy (non-hydrogen) atoms. The molecule has 0 aromatic heterocycles. The van der Waals surface area contributed by atoms with Gasteiger partial charge < -0.3 is 14.4 Å². The van der Waals surface area contributed by atoms with Crippen LogP contribution in [0.2, 0.25) is 5.02 Å². The first-order valence-corrected chi connectivity index (χ1v) is 18.6. The number of amides is 2. The van der Waals surface area contributed by atoms with Crippen molar-refractivity contribution in [3.63, 3.8) is 0 Å². The Bertz CT molecular complexity index is 2050. The third-order valence-electron chi connectivity index (χ3n) is 10.6. The molecule has 5 aromatic rings. The van der Waals surface area contributed by atoms with E-state index >= 15 is 0 Å². The van der Waals surface area contributed by atoms with E-state index in [1.807, 2.05) is 104 Å². The minimum Gasteiger partial charge on any atom is -0.448 e. The molecule has 0 N–H and O–H groups in total. The molecule has 1 heterocycles. The summed E-state index contributed by atoms with van der Waals surface area (Å²) in [6, 6.07) is 39.6. The Labute approximate surface area is 316 Å². The summed E-state index contributed by atoms with van der Waals surface area (Å²) in [5.74, 6) is -1.13. The predicted octanol–water partition coefficient (Wildman–Crippen LogP) is 9.14. The van der Waals surface area contributed by atoms with E-state index in [2.05, 4.69) is 24.3 Å². The van der Waals surface area contributed by atoms with Crippen LogP contribution in [0.4, 0.5) is 4.79 Å². The minimum absolute atomic E-state index is 0.0866. The monoisotopic (exact) mass is 726 g/mol. The lowest BCUT2D eigenvalue weighted by Crippen LogP contribution is -2.52. The largest absolute Gasteiger partial charge is 0.448 e. The van der Waals surface area contributed by atoms with Crippen LogP contribution in [0.5, 0.6) is 0 Å². The van der Waals surface area contributed by atoms with Gasteiger partial charge in [-0.15, -0.1) is 0 Å². The van der Waals surface area contributed by atoms with Gasteiger partial charge in [-0.3, -0.25) is 14.5 Å². The molecule has 0 bridgehead atoms. The molecule has 1 saturated heterocycles. The number of fused-ring (bicyclic) bond motifs is 3. The summed E-state index contributed by atoms with van der Waals surface area (Å²) in [6.07, 6.45) is 1.66. The van der Waals surface area contributed by atoms with Crippen molar-refractivity contribution >= 4 is 29.6 Å². The lowest BCUT2D eigenvalue weighted by molar-refractivity contribution is -0.157. The Morgan fingerprint density at radius 3 is 1.96 bits per heavy atom. The van der Waals surface area contributed by atoms with Crippen LogP contribution in [-0.2, 0) is 24.7 Å². The van der Waals surface area contributed by atoms with Gasteiger partial charge in [-0.25, -0.2) is 4.79 Å². The number of likely N-dealkylation sites (tertiary alicyclic amines) is 1. The number of ether oxygens (including phenoxy) is 2. The molecule has 2 aliphatic rings. The predicted molar refractivity (Wildman–Crippen MR) is 207 cm³/mol. The topological polar surface area (TPSA) is 76.2 Å². The van der Waals surface area contributed by atoms with Crippen molar-refractivity contribution in [1.82, 2.24) is 9.80 Å². The lowest BCUT2D eigenvalue weighted by atomic mass is 9.79. The molecule has 270 valence electrons. The van der Waals surface area contributed by atoms with Gasteiger partial charge in [-0.05, 0) is 54.5 Å². The van der Waals surface area contributed by atoms with Gasteiger partial charge in [0.1, 0.15) is 12.6 Å². The highest BCUT2D eigenvalue weighted by molar-refractivity contribution is 6.31. The van der Waals surface area contributed by atoms with Crippen molar-refractivity contribution in [2.24, 2.45) is 0 Å². The molecule has 0 spiro atoms. The zero-order valence-corrected chi connectivity index (χ0v) is 30.8. The first-order valence-electron chi connectivity index (χ1n) is 18.2. The summed E-state index contributed by atoms with van der Waals surface area (Å²) < 4.78 is 12.6. The maximum atomic E-state index is 14.5. The van der Waals surface area contributed by atoms with Gasteiger partial charge in [0, 0.05) is 47.8 Å². The second kappa shape index (κ2) is 15.7. The normalized spacial score (nSPS) is 15.4.